The van der Waals surface area contributed by atoms with Gasteiger partial charge in [0.05, 0.1) is 10.8 Å². The number of carbonyl (C=O) groups excluding carboxylic acids is 2. The first-order valence-electron chi connectivity index (χ1n) is 7.16. The van der Waals surface area contributed by atoms with Crippen LogP contribution >= 0.6 is 0 Å². The van der Waals surface area contributed by atoms with Gasteiger partial charge in [0, 0.05) is 16.2 Å². The fraction of sp³-hybridized carbons (Fsp3) is 0.176. The van der Waals surface area contributed by atoms with Gasteiger partial charge in [-0.25, -0.2) is 0 Å². The lowest BCUT2D eigenvalue weighted by Crippen LogP contribution is -2.45. The van der Waals surface area contributed by atoms with E-state index in [2.05, 4.69) is 5.32 Å². The Morgan fingerprint density at radius 2 is 1.57 bits per heavy atom. The summed E-state index contributed by atoms with van der Waals surface area (Å²) in [5, 5.41) is 2.59. The largest absolute Gasteiger partial charge is 0.368 e. The van der Waals surface area contributed by atoms with Gasteiger partial charge in [0.2, 0.25) is 5.91 Å². The molecular weight excluding hydrogens is 312 g/mol. The molecule has 23 heavy (non-hydrogen) atoms. The van der Waals surface area contributed by atoms with Crippen molar-refractivity contribution in [1.82, 2.24) is 5.32 Å². The molecule has 0 aliphatic rings. The van der Waals surface area contributed by atoms with E-state index >= 15 is 0 Å². The van der Waals surface area contributed by atoms with Crippen LogP contribution in [0.3, 0.4) is 0 Å². The molecule has 0 heterocycles. The average molecular weight is 330 g/mol. The molecule has 120 valence electrons. The van der Waals surface area contributed by atoms with Crippen molar-refractivity contribution in [2.45, 2.75) is 17.4 Å². The van der Waals surface area contributed by atoms with E-state index in [1.54, 1.807) is 54.6 Å². The molecule has 2 rings (SSSR count). The third-order valence-electron chi connectivity index (χ3n) is 3.28. The van der Waals surface area contributed by atoms with E-state index in [-0.39, 0.29) is 18.1 Å². The van der Waals surface area contributed by atoms with Gasteiger partial charge < -0.3 is 11.1 Å². The molecule has 6 heteroatoms. The van der Waals surface area contributed by atoms with Crippen LogP contribution in [0.15, 0.2) is 65.6 Å². The van der Waals surface area contributed by atoms with E-state index in [9.17, 15) is 13.8 Å². The summed E-state index contributed by atoms with van der Waals surface area (Å²) in [5.41, 5.74) is 5.78. The molecule has 0 unspecified atom stereocenters. The highest BCUT2D eigenvalue weighted by Crippen LogP contribution is 2.08. The highest BCUT2D eigenvalue weighted by atomic mass is 32.2. The maximum absolute atomic E-state index is 12.2. The highest BCUT2D eigenvalue weighted by molar-refractivity contribution is 7.85. The molecule has 0 saturated heterocycles. The fourth-order valence-electron chi connectivity index (χ4n) is 2.03. The van der Waals surface area contributed by atoms with Gasteiger partial charge in [-0.05, 0) is 30.7 Å². The average Bonchev–Trinajstić information content (AvgIpc) is 2.59. The Hall–Kier alpha value is -2.47. The lowest BCUT2D eigenvalue weighted by molar-refractivity contribution is -0.119. The minimum Gasteiger partial charge on any atom is -0.368 e. The number of nitrogens with two attached hydrogens (primary N) is 1. The Morgan fingerprint density at radius 3 is 2.13 bits per heavy atom. The lowest BCUT2D eigenvalue weighted by Gasteiger charge is -2.15. The van der Waals surface area contributed by atoms with Crippen LogP contribution in [0.4, 0.5) is 0 Å². The lowest BCUT2D eigenvalue weighted by atomic mass is 10.1. The third-order valence-corrected chi connectivity index (χ3v) is 4.69. The summed E-state index contributed by atoms with van der Waals surface area (Å²) in [7, 11) is -1.24. The molecule has 2 aromatic rings. The van der Waals surface area contributed by atoms with Gasteiger partial charge in [0.1, 0.15) is 6.04 Å². The molecule has 0 bridgehead atoms. The normalized spacial score (nSPS) is 13.0. The number of benzene rings is 2. The molecule has 0 fully saturated rings. The summed E-state index contributed by atoms with van der Waals surface area (Å²) < 4.78 is 12.2. The molecule has 2 amide bonds. The Labute approximate surface area is 137 Å². The molecule has 3 N–H and O–H groups in total. The van der Waals surface area contributed by atoms with Gasteiger partial charge in [0.25, 0.3) is 5.91 Å². The standard InChI is InChI=1S/C17H18N2O3S/c18-16(20)15(19-17(21)13-7-3-1-4-8-13)11-12-23(22)14-9-5-2-6-10-14/h1-10,15H,11-12H2,(H2,18,20)(H,19,21)/t15-,23-/m0/s1. The molecular formula is C17H18N2O3S. The van der Waals surface area contributed by atoms with Crippen molar-refractivity contribution in [3.8, 4) is 0 Å². The van der Waals surface area contributed by atoms with E-state index in [4.69, 9.17) is 5.73 Å². The zero-order valence-corrected chi connectivity index (χ0v) is 13.3. The second-order valence-electron chi connectivity index (χ2n) is 4.95. The predicted molar refractivity (Wildman–Crippen MR) is 89.2 cm³/mol. The number of amides is 2. The van der Waals surface area contributed by atoms with Crippen LogP contribution in [0.25, 0.3) is 0 Å². The van der Waals surface area contributed by atoms with Gasteiger partial charge in [-0.1, -0.05) is 36.4 Å². The predicted octanol–water partition coefficient (Wildman–Crippen LogP) is 1.47. The summed E-state index contributed by atoms with van der Waals surface area (Å²) in [6, 6.07) is 16.7. The van der Waals surface area contributed by atoms with Crippen LogP contribution in [0.1, 0.15) is 16.8 Å². The maximum Gasteiger partial charge on any atom is 0.251 e. The van der Waals surface area contributed by atoms with Crippen molar-refractivity contribution in [2.24, 2.45) is 5.73 Å². The molecule has 0 spiro atoms. The van der Waals surface area contributed by atoms with Crippen molar-refractivity contribution in [1.29, 1.82) is 0 Å². The highest BCUT2D eigenvalue weighted by Gasteiger charge is 2.20. The number of hydrogen-bond acceptors (Lipinski definition) is 3. The first-order chi connectivity index (χ1) is 11.1. The van der Waals surface area contributed by atoms with Crippen LogP contribution < -0.4 is 11.1 Å². The van der Waals surface area contributed by atoms with E-state index in [0.29, 0.717) is 10.5 Å². The van der Waals surface area contributed by atoms with Gasteiger partial charge in [0.15, 0.2) is 0 Å². The van der Waals surface area contributed by atoms with Crippen LogP contribution in [-0.4, -0.2) is 27.8 Å². The van der Waals surface area contributed by atoms with Crippen LogP contribution in [0.5, 0.6) is 0 Å². The Balaban J connectivity index is 1.96. The smallest absolute Gasteiger partial charge is 0.251 e. The van der Waals surface area contributed by atoms with Crippen LogP contribution in [-0.2, 0) is 15.6 Å². The molecule has 2 aromatic carbocycles. The molecule has 0 aromatic heterocycles. The van der Waals surface area contributed by atoms with Gasteiger partial charge in [-0.15, -0.1) is 0 Å². The minimum atomic E-state index is -1.24. The quantitative estimate of drug-likeness (QED) is 0.805. The third kappa shape index (κ3) is 5.03. The fourth-order valence-corrected chi connectivity index (χ4v) is 3.18. The summed E-state index contributed by atoms with van der Waals surface area (Å²) in [4.78, 5) is 24.3. The second-order valence-corrected chi connectivity index (χ2v) is 6.52. The Morgan fingerprint density at radius 1 is 1.00 bits per heavy atom. The number of carbonyl (C=O) groups is 2. The summed E-state index contributed by atoms with van der Waals surface area (Å²) in [6.07, 6.45) is 0.218. The van der Waals surface area contributed by atoms with Crippen molar-refractivity contribution in [3.63, 3.8) is 0 Å². The topological polar surface area (TPSA) is 89.3 Å². The second kappa shape index (κ2) is 8.24. The van der Waals surface area contributed by atoms with Gasteiger partial charge in [-0.3, -0.25) is 13.8 Å². The van der Waals surface area contributed by atoms with Gasteiger partial charge in [-0.2, -0.15) is 0 Å². The van der Waals surface area contributed by atoms with Crippen LogP contribution in [0, 0.1) is 0 Å². The number of rotatable bonds is 7. The summed E-state index contributed by atoms with van der Waals surface area (Å²) in [5.74, 6) is -0.772. The first-order valence-corrected chi connectivity index (χ1v) is 8.48. The van der Waals surface area contributed by atoms with E-state index in [1.165, 1.54) is 0 Å². The molecule has 0 aliphatic carbocycles. The number of nitrogens with one attached hydrogen (secondary N) is 1. The van der Waals surface area contributed by atoms with Crippen molar-refractivity contribution in [3.05, 3.63) is 66.2 Å². The maximum atomic E-state index is 12.2. The minimum absolute atomic E-state index is 0.218. The number of hydrogen-bond donors (Lipinski definition) is 2. The molecule has 0 radical (unpaired) electrons. The molecule has 2 atom stereocenters. The molecule has 0 saturated carbocycles. The van der Waals surface area contributed by atoms with E-state index in [1.807, 2.05) is 6.07 Å². The van der Waals surface area contributed by atoms with E-state index < -0.39 is 22.7 Å². The summed E-state index contributed by atoms with van der Waals surface area (Å²) in [6.45, 7) is 0. The van der Waals surface area contributed by atoms with E-state index in [0.717, 1.165) is 0 Å². The zero-order valence-electron chi connectivity index (χ0n) is 12.5. The van der Waals surface area contributed by atoms with Crippen LogP contribution in [0.2, 0.25) is 0 Å². The molecule has 0 aliphatic heterocycles. The first kappa shape index (κ1) is 16.9. The zero-order chi connectivity index (χ0) is 16.7. The van der Waals surface area contributed by atoms with Crippen molar-refractivity contribution in [2.75, 3.05) is 5.75 Å². The SMILES string of the molecule is NC(=O)[C@H](CC[S@](=O)c1ccccc1)NC(=O)c1ccccc1. The number of primary amides is 1. The van der Waals surface area contributed by atoms with Gasteiger partial charge >= 0.3 is 0 Å². The van der Waals surface area contributed by atoms with Crippen molar-refractivity contribution >= 4 is 22.6 Å². The monoisotopic (exact) mass is 330 g/mol. The Kier molecular flexibility index (Phi) is 6.05. The summed E-state index contributed by atoms with van der Waals surface area (Å²) >= 11 is 0. The van der Waals surface area contributed by atoms with Crippen molar-refractivity contribution < 1.29 is 13.8 Å². The molecule has 5 nitrogen and oxygen atoms in total. The Bertz CT molecular complexity index is 689.